The minimum absolute atomic E-state index is 0.185. The Balaban J connectivity index is 1.54. The van der Waals surface area contributed by atoms with E-state index in [9.17, 15) is 4.39 Å². The number of hydrogen-bond donors (Lipinski definition) is 4. The van der Waals surface area contributed by atoms with Crippen LogP contribution in [-0.2, 0) is 7.05 Å². The topological polar surface area (TPSA) is 99.8 Å². The molecule has 1 aliphatic rings. The molecule has 0 bridgehead atoms. The zero-order valence-corrected chi connectivity index (χ0v) is 21.4. The lowest BCUT2D eigenvalue weighted by molar-refractivity contribution is 0.285. The summed E-state index contributed by atoms with van der Waals surface area (Å²) < 4.78 is 32.3. The number of aryl methyl sites for hydroxylation is 1. The number of fused-ring (bicyclic) bond motifs is 2. The van der Waals surface area contributed by atoms with Gasteiger partial charge in [-0.2, -0.15) is 4.98 Å². The van der Waals surface area contributed by atoms with E-state index in [4.69, 9.17) is 10.7 Å². The average molecular weight is 507 g/mol. The Bertz CT molecular complexity index is 1520. The van der Waals surface area contributed by atoms with Gasteiger partial charge in [0.25, 0.3) is 0 Å². The van der Waals surface area contributed by atoms with Crippen molar-refractivity contribution in [1.82, 2.24) is 29.7 Å². The molecule has 37 heavy (non-hydrogen) atoms. The van der Waals surface area contributed by atoms with Gasteiger partial charge in [0.2, 0.25) is 5.95 Å². The number of nitrogens with zero attached hydrogens (tertiary/aromatic N) is 4. The summed E-state index contributed by atoms with van der Waals surface area (Å²) in [6.45, 7) is 3.38. The van der Waals surface area contributed by atoms with Crippen LogP contribution < -0.4 is 16.4 Å². The lowest BCUT2D eigenvalue weighted by Gasteiger charge is -2.39. The maximum atomic E-state index is 15.5. The van der Waals surface area contributed by atoms with E-state index in [1.165, 1.54) is 6.07 Å². The van der Waals surface area contributed by atoms with Crippen LogP contribution in [0.2, 0.25) is 0 Å². The zero-order chi connectivity index (χ0) is 26.3. The summed E-state index contributed by atoms with van der Waals surface area (Å²) >= 11 is 0. The highest BCUT2D eigenvalue weighted by Crippen LogP contribution is 2.36. The normalized spacial score (nSPS) is 20.1. The van der Waals surface area contributed by atoms with Gasteiger partial charge in [-0.3, -0.25) is 0 Å². The van der Waals surface area contributed by atoms with E-state index in [-0.39, 0.29) is 17.5 Å². The number of likely N-dealkylation sites (N-methyl/N-ethyl adjacent to an activating group) is 1. The van der Waals surface area contributed by atoms with Gasteiger partial charge in [-0.25, -0.2) is 13.8 Å². The van der Waals surface area contributed by atoms with Crippen LogP contribution in [0.25, 0.3) is 33.2 Å². The third-order valence-corrected chi connectivity index (χ3v) is 6.94. The van der Waals surface area contributed by atoms with Gasteiger partial charge in [0.05, 0.1) is 22.4 Å². The highest BCUT2D eigenvalue weighted by molar-refractivity contribution is 6.03. The van der Waals surface area contributed by atoms with Crippen molar-refractivity contribution in [3.05, 3.63) is 66.2 Å². The molecule has 2 unspecified atom stereocenters. The van der Waals surface area contributed by atoms with Crippen LogP contribution in [0.15, 0.2) is 60.3 Å². The predicted octanol–water partition coefficient (Wildman–Crippen LogP) is 4.05. The number of hydrogen-bond acceptors (Lipinski definition) is 6. The second kappa shape index (κ2) is 9.70. The van der Waals surface area contributed by atoms with E-state index in [1.54, 1.807) is 24.4 Å². The molecule has 3 aromatic heterocycles. The summed E-state index contributed by atoms with van der Waals surface area (Å²) in [6, 6.07) is 6.34. The second-order valence-electron chi connectivity index (χ2n) is 9.77. The number of aromatic nitrogens is 4. The Morgan fingerprint density at radius 3 is 2.78 bits per heavy atom. The predicted molar refractivity (Wildman–Crippen MR) is 144 cm³/mol. The molecule has 8 nitrogen and oxygen atoms in total. The maximum Gasteiger partial charge on any atom is 0.229 e. The summed E-state index contributed by atoms with van der Waals surface area (Å²) in [6.07, 6.45) is 7.47. The van der Waals surface area contributed by atoms with E-state index in [2.05, 4.69) is 20.6 Å². The summed E-state index contributed by atoms with van der Waals surface area (Å²) in [7, 11) is 5.82. The molecule has 5 rings (SSSR count). The standard InChI is InChI=1S/C27H32F2N8/c1-5-32-27(10-12-36(2)3)14-19(29)20(13-22(27)30)33-26-34-24(16-9-11-31-25(16)35-26)17-15-37(4)21-8-6-7-18(28)23(17)21/h6-9,11,13-15,22,32H,5,10,12,30H2,1-4H3,(H2,31,33,34,35). The van der Waals surface area contributed by atoms with Crippen LogP contribution in [-0.4, -0.2) is 63.2 Å². The number of nitrogens with one attached hydrogen (secondary N) is 3. The van der Waals surface area contributed by atoms with Crippen molar-refractivity contribution in [1.29, 1.82) is 0 Å². The fourth-order valence-corrected chi connectivity index (χ4v) is 5.05. The number of benzene rings is 1. The van der Waals surface area contributed by atoms with E-state index in [0.717, 1.165) is 17.4 Å². The number of nitrogens with two attached hydrogens (primary N) is 1. The minimum Gasteiger partial charge on any atom is -0.350 e. The van der Waals surface area contributed by atoms with Gasteiger partial charge in [0.1, 0.15) is 17.3 Å². The molecule has 3 heterocycles. The van der Waals surface area contributed by atoms with E-state index >= 15 is 4.39 Å². The monoisotopic (exact) mass is 506 g/mol. The largest absolute Gasteiger partial charge is 0.350 e. The first-order chi connectivity index (χ1) is 17.7. The molecule has 1 aromatic carbocycles. The smallest absolute Gasteiger partial charge is 0.229 e. The van der Waals surface area contributed by atoms with Crippen molar-refractivity contribution < 1.29 is 8.78 Å². The van der Waals surface area contributed by atoms with Crippen LogP contribution in [0.3, 0.4) is 0 Å². The van der Waals surface area contributed by atoms with Crippen molar-refractivity contribution in [3.63, 3.8) is 0 Å². The second-order valence-corrected chi connectivity index (χ2v) is 9.77. The Morgan fingerprint density at radius 2 is 2.03 bits per heavy atom. The molecule has 0 saturated heterocycles. The van der Waals surface area contributed by atoms with Crippen LogP contribution in [0.4, 0.5) is 14.7 Å². The fourth-order valence-electron chi connectivity index (χ4n) is 5.05. The Morgan fingerprint density at radius 1 is 1.22 bits per heavy atom. The summed E-state index contributed by atoms with van der Waals surface area (Å²) in [4.78, 5) is 14.4. The van der Waals surface area contributed by atoms with Gasteiger partial charge in [-0.1, -0.05) is 13.0 Å². The molecule has 194 valence electrons. The van der Waals surface area contributed by atoms with Crippen molar-refractivity contribution >= 4 is 27.9 Å². The molecule has 0 amide bonds. The lowest BCUT2D eigenvalue weighted by atomic mass is 9.82. The van der Waals surface area contributed by atoms with Crippen molar-refractivity contribution in [2.24, 2.45) is 12.8 Å². The number of aromatic amines is 1. The number of halogens is 2. The molecule has 0 aliphatic heterocycles. The number of anilines is 1. The van der Waals surface area contributed by atoms with Crippen LogP contribution in [0.1, 0.15) is 13.3 Å². The minimum atomic E-state index is -0.704. The SMILES string of the molecule is CCNC1(CCN(C)C)C=C(F)C(Nc2nc(-c3cn(C)c4cccc(F)c34)c3cc[nH]c3n2)=CC1N. The maximum absolute atomic E-state index is 15.5. The molecule has 0 radical (unpaired) electrons. The summed E-state index contributed by atoms with van der Waals surface area (Å²) in [5, 5.41) is 7.61. The highest BCUT2D eigenvalue weighted by Gasteiger charge is 2.37. The molecular formula is C27H32F2N8. The van der Waals surface area contributed by atoms with E-state index in [1.807, 2.05) is 55.9 Å². The summed E-state index contributed by atoms with van der Waals surface area (Å²) in [5.41, 5.74) is 8.54. The number of allylic oxidation sites excluding steroid dienone is 1. The quantitative estimate of drug-likeness (QED) is 0.288. The van der Waals surface area contributed by atoms with Gasteiger partial charge in [0.15, 0.2) is 0 Å². The fraction of sp³-hybridized carbons (Fsp3) is 0.333. The van der Waals surface area contributed by atoms with Crippen LogP contribution in [0, 0.1) is 5.82 Å². The molecule has 4 aromatic rings. The third-order valence-electron chi connectivity index (χ3n) is 6.94. The van der Waals surface area contributed by atoms with Gasteiger partial charge in [-0.05, 0) is 64.0 Å². The van der Waals surface area contributed by atoms with Gasteiger partial charge in [0, 0.05) is 41.8 Å². The van der Waals surface area contributed by atoms with Gasteiger partial charge >= 0.3 is 0 Å². The Hall–Kier alpha value is -3.60. The van der Waals surface area contributed by atoms with Gasteiger partial charge < -0.3 is 30.8 Å². The molecule has 1 aliphatic carbocycles. The average Bonchev–Trinajstić information content (AvgIpc) is 3.46. The van der Waals surface area contributed by atoms with Crippen molar-refractivity contribution in [3.8, 4) is 11.3 Å². The first-order valence-electron chi connectivity index (χ1n) is 12.3. The van der Waals surface area contributed by atoms with E-state index in [0.29, 0.717) is 35.3 Å². The van der Waals surface area contributed by atoms with E-state index < -0.39 is 17.4 Å². The number of H-pyrrole nitrogens is 1. The van der Waals surface area contributed by atoms with Gasteiger partial charge in [-0.15, -0.1) is 0 Å². The van der Waals surface area contributed by atoms with Crippen LogP contribution >= 0.6 is 0 Å². The first kappa shape index (κ1) is 25.1. The molecule has 2 atom stereocenters. The molecular weight excluding hydrogens is 474 g/mol. The summed E-state index contributed by atoms with van der Waals surface area (Å²) in [5.74, 6) is -0.587. The Kier molecular flexibility index (Phi) is 6.57. The Labute approximate surface area is 214 Å². The molecule has 10 heteroatoms. The van der Waals surface area contributed by atoms with Crippen molar-refractivity contribution in [2.75, 3.05) is 32.5 Å². The molecule has 0 saturated carbocycles. The lowest BCUT2D eigenvalue weighted by Crippen LogP contribution is -2.58. The first-order valence-corrected chi connectivity index (χ1v) is 12.3. The molecule has 5 N–H and O–H groups in total. The zero-order valence-electron chi connectivity index (χ0n) is 21.4. The van der Waals surface area contributed by atoms with Crippen molar-refractivity contribution in [2.45, 2.75) is 24.9 Å². The molecule has 0 fully saturated rings. The highest BCUT2D eigenvalue weighted by atomic mass is 19.1. The molecule has 0 spiro atoms. The van der Waals surface area contributed by atoms with Crippen LogP contribution in [0.5, 0.6) is 0 Å². The third kappa shape index (κ3) is 4.52. The number of rotatable bonds is 8.